The van der Waals surface area contributed by atoms with Gasteiger partial charge in [0.25, 0.3) is 0 Å². The first kappa shape index (κ1) is 28.5. The molecular weight excluding hydrogens is 489 g/mol. The first-order valence-electron chi connectivity index (χ1n) is 12.6. The second-order valence-electron chi connectivity index (χ2n) is 9.21. The Kier molecular flexibility index (Phi) is 10.8. The van der Waals surface area contributed by atoms with Gasteiger partial charge in [-0.05, 0) is 79.7 Å². The van der Waals surface area contributed by atoms with Gasteiger partial charge in [0.2, 0.25) is 5.91 Å². The molecule has 2 aliphatic heterocycles. The fourth-order valence-electron chi connectivity index (χ4n) is 4.10. The maximum Gasteiger partial charge on any atom is 0.236 e. The summed E-state index contributed by atoms with van der Waals surface area (Å²) in [5, 5.41) is 16.6. The zero-order valence-electron chi connectivity index (χ0n) is 22.1. The average Bonchev–Trinajstić information content (AvgIpc) is 3.58. The van der Waals surface area contributed by atoms with Crippen molar-refractivity contribution in [2.45, 2.75) is 26.2 Å². The van der Waals surface area contributed by atoms with Gasteiger partial charge in [0.05, 0.1) is 18.1 Å². The molecule has 0 radical (unpaired) electrons. The van der Waals surface area contributed by atoms with Gasteiger partial charge in [-0.3, -0.25) is 9.69 Å². The predicted octanol–water partition coefficient (Wildman–Crippen LogP) is 4.26. The van der Waals surface area contributed by atoms with Crippen LogP contribution in [0.3, 0.4) is 0 Å². The minimum absolute atomic E-state index is 0.137. The minimum Gasteiger partial charge on any atom is -0.375 e. The van der Waals surface area contributed by atoms with Crippen LogP contribution >= 0.6 is 11.8 Å². The highest BCUT2D eigenvalue weighted by Crippen LogP contribution is 2.22. The number of likely N-dealkylation sites (N-methyl/N-ethyl adjacent to an activating group) is 1. The minimum atomic E-state index is -0.190. The number of carbonyl (C=O) groups is 1. The van der Waals surface area contributed by atoms with Crippen molar-refractivity contribution in [1.82, 2.24) is 25.1 Å². The van der Waals surface area contributed by atoms with E-state index in [4.69, 9.17) is 5.41 Å². The van der Waals surface area contributed by atoms with E-state index in [9.17, 15) is 9.18 Å². The van der Waals surface area contributed by atoms with Crippen LogP contribution in [0.4, 0.5) is 10.2 Å². The number of benzene rings is 1. The van der Waals surface area contributed by atoms with E-state index in [1.807, 2.05) is 24.6 Å². The number of likely N-dealkylation sites (tertiary alicyclic amines) is 1. The van der Waals surface area contributed by atoms with Crippen molar-refractivity contribution in [3.63, 3.8) is 0 Å². The molecule has 0 aliphatic carbocycles. The molecule has 4 rings (SSSR count). The van der Waals surface area contributed by atoms with Crippen LogP contribution < -0.4 is 10.6 Å². The van der Waals surface area contributed by atoms with Gasteiger partial charge < -0.3 is 25.9 Å². The van der Waals surface area contributed by atoms with E-state index in [2.05, 4.69) is 32.4 Å². The number of anilines is 1. The second-order valence-corrected chi connectivity index (χ2v) is 10.1. The Bertz CT molecular complexity index is 1080. The number of nitrogens with one attached hydrogen (secondary N) is 4. The van der Waals surface area contributed by atoms with Gasteiger partial charge in [0, 0.05) is 38.5 Å². The Morgan fingerprint density at radius 1 is 1.30 bits per heavy atom. The SMILES string of the molecule is CCc1[nH]c(/C=C\C(=N)C2CCN(CC(=O)N(C)C)CC2)nc1NC.Fc1ccc(C2=CSCN2)cc1. The summed E-state index contributed by atoms with van der Waals surface area (Å²) in [6, 6.07) is 6.50. The van der Waals surface area contributed by atoms with Gasteiger partial charge in [-0.15, -0.1) is 11.8 Å². The molecular formula is C27H38FN7OS. The zero-order chi connectivity index (χ0) is 26.8. The number of aromatic amines is 1. The summed E-state index contributed by atoms with van der Waals surface area (Å²) in [7, 11) is 5.43. The molecule has 4 N–H and O–H groups in total. The number of amides is 1. The first-order valence-corrected chi connectivity index (χ1v) is 13.6. The molecule has 2 aliphatic rings. The Balaban J connectivity index is 0.000000262. The molecule has 0 unspecified atom stereocenters. The molecule has 1 saturated heterocycles. The standard InChI is InChI=1S/C18H30N6O.C9H8FNS/c1-5-15-18(20-2)22-16(21-15)7-6-14(19)13-8-10-24(11-9-13)12-17(25)23(3)4;10-8-3-1-7(2-4-8)9-5-12-6-11-9/h6-7,13,19-20H,5,8-12H2,1-4H3,(H,21,22);1-5,11H,6H2/b7-6-,19-14?;. The van der Waals surface area contributed by atoms with Gasteiger partial charge in [-0.25, -0.2) is 9.37 Å². The van der Waals surface area contributed by atoms with Crippen molar-refractivity contribution >= 4 is 41.0 Å². The predicted molar refractivity (Wildman–Crippen MR) is 152 cm³/mol. The molecule has 1 aromatic heterocycles. The molecule has 10 heteroatoms. The number of imidazole rings is 1. The summed E-state index contributed by atoms with van der Waals surface area (Å²) >= 11 is 1.71. The monoisotopic (exact) mass is 527 g/mol. The molecule has 200 valence electrons. The van der Waals surface area contributed by atoms with Crippen molar-refractivity contribution in [1.29, 1.82) is 5.41 Å². The van der Waals surface area contributed by atoms with E-state index in [1.54, 1.807) is 42.9 Å². The van der Waals surface area contributed by atoms with Gasteiger partial charge in [-0.1, -0.05) is 6.92 Å². The summed E-state index contributed by atoms with van der Waals surface area (Å²) < 4.78 is 12.5. The topological polar surface area (TPSA) is 100 Å². The highest BCUT2D eigenvalue weighted by atomic mass is 32.2. The Labute approximate surface area is 223 Å². The lowest BCUT2D eigenvalue weighted by Gasteiger charge is -2.31. The molecule has 37 heavy (non-hydrogen) atoms. The van der Waals surface area contributed by atoms with Crippen LogP contribution in [0.2, 0.25) is 0 Å². The summed E-state index contributed by atoms with van der Waals surface area (Å²) in [4.78, 5) is 23.3. The molecule has 0 saturated carbocycles. The normalized spacial score (nSPS) is 16.1. The van der Waals surface area contributed by atoms with Crippen LogP contribution in [0, 0.1) is 17.1 Å². The van der Waals surface area contributed by atoms with E-state index in [1.165, 1.54) is 12.1 Å². The Hall–Kier alpha value is -3.11. The third-order valence-electron chi connectivity index (χ3n) is 6.40. The Morgan fingerprint density at radius 3 is 2.54 bits per heavy atom. The molecule has 3 heterocycles. The smallest absolute Gasteiger partial charge is 0.236 e. The van der Waals surface area contributed by atoms with Gasteiger partial charge >= 0.3 is 0 Å². The third-order valence-corrected chi connectivity index (χ3v) is 7.11. The van der Waals surface area contributed by atoms with Gasteiger partial charge in [-0.2, -0.15) is 0 Å². The van der Waals surface area contributed by atoms with E-state index >= 15 is 0 Å². The molecule has 1 amide bonds. The first-order chi connectivity index (χ1) is 17.8. The maximum absolute atomic E-state index is 12.5. The number of carbonyl (C=O) groups excluding carboxylic acids is 1. The van der Waals surface area contributed by atoms with Crippen LogP contribution in [-0.2, 0) is 11.2 Å². The van der Waals surface area contributed by atoms with E-state index in [-0.39, 0.29) is 17.6 Å². The van der Waals surface area contributed by atoms with Crippen LogP contribution in [0.5, 0.6) is 0 Å². The van der Waals surface area contributed by atoms with Crippen LogP contribution in [0.25, 0.3) is 11.8 Å². The molecule has 0 spiro atoms. The highest BCUT2D eigenvalue weighted by molar-refractivity contribution is 8.02. The van der Waals surface area contributed by atoms with E-state index in [0.717, 1.165) is 66.8 Å². The highest BCUT2D eigenvalue weighted by Gasteiger charge is 2.23. The van der Waals surface area contributed by atoms with Gasteiger partial charge in [0.1, 0.15) is 17.5 Å². The van der Waals surface area contributed by atoms with Crippen molar-refractivity contribution < 1.29 is 9.18 Å². The molecule has 0 bridgehead atoms. The summed E-state index contributed by atoms with van der Waals surface area (Å²) in [5.41, 5.74) is 3.84. The number of piperidine rings is 1. The number of aryl methyl sites for hydroxylation is 1. The number of hydrogen-bond acceptors (Lipinski definition) is 7. The lowest BCUT2D eigenvalue weighted by molar-refractivity contribution is -0.130. The largest absolute Gasteiger partial charge is 0.375 e. The lowest BCUT2D eigenvalue weighted by Crippen LogP contribution is -2.42. The summed E-state index contributed by atoms with van der Waals surface area (Å²) in [6.45, 7) is 4.29. The molecule has 2 aromatic rings. The number of nitrogens with zero attached hydrogens (tertiary/aromatic N) is 3. The number of rotatable bonds is 8. The molecule has 0 atom stereocenters. The van der Waals surface area contributed by atoms with Crippen molar-refractivity contribution in [2.75, 3.05) is 52.0 Å². The lowest BCUT2D eigenvalue weighted by atomic mass is 9.91. The van der Waals surface area contributed by atoms with E-state index < -0.39 is 0 Å². The molecule has 8 nitrogen and oxygen atoms in total. The Morgan fingerprint density at radius 2 is 2.00 bits per heavy atom. The summed E-state index contributed by atoms with van der Waals surface area (Å²) in [6.07, 6.45) is 6.46. The fourth-order valence-corrected chi connectivity index (χ4v) is 4.80. The number of allylic oxidation sites excluding steroid dienone is 1. The fraction of sp³-hybridized carbons (Fsp3) is 0.444. The average molecular weight is 528 g/mol. The third kappa shape index (κ3) is 8.46. The zero-order valence-corrected chi connectivity index (χ0v) is 22.9. The van der Waals surface area contributed by atoms with E-state index in [0.29, 0.717) is 12.3 Å². The maximum atomic E-state index is 12.5. The van der Waals surface area contributed by atoms with Crippen molar-refractivity contribution in [3.8, 4) is 0 Å². The number of thioether (sulfide) groups is 1. The van der Waals surface area contributed by atoms with Crippen LogP contribution in [0.15, 0.2) is 35.7 Å². The summed E-state index contributed by atoms with van der Waals surface area (Å²) in [5.74, 6) is 2.76. The molecule has 1 aromatic carbocycles. The second kappa shape index (κ2) is 14.0. The number of aromatic nitrogens is 2. The number of H-pyrrole nitrogens is 1. The van der Waals surface area contributed by atoms with Crippen LogP contribution in [0.1, 0.15) is 36.8 Å². The van der Waals surface area contributed by atoms with Crippen LogP contribution in [-0.4, -0.2) is 78.0 Å². The van der Waals surface area contributed by atoms with Crippen molar-refractivity contribution in [3.05, 3.63) is 58.6 Å². The quantitative estimate of drug-likeness (QED) is 0.383. The number of halogens is 1. The number of hydrogen-bond donors (Lipinski definition) is 4. The van der Waals surface area contributed by atoms with Crippen molar-refractivity contribution in [2.24, 2.45) is 5.92 Å². The van der Waals surface area contributed by atoms with Gasteiger partial charge in [0.15, 0.2) is 0 Å². The molecule has 1 fully saturated rings.